The molecule has 4 aromatic rings. The molecule has 0 amide bonds. The molecule has 10 heteroatoms. The van der Waals surface area contributed by atoms with Gasteiger partial charge in [0.15, 0.2) is 15.5 Å². The van der Waals surface area contributed by atoms with Gasteiger partial charge in [0.25, 0.3) is 0 Å². The van der Waals surface area contributed by atoms with E-state index in [4.69, 9.17) is 16.0 Å². The average Bonchev–Trinajstić information content (AvgIpc) is 3.37. The third-order valence-electron chi connectivity index (χ3n) is 4.55. The predicted octanol–water partition coefficient (Wildman–Crippen LogP) is 5.88. The van der Waals surface area contributed by atoms with Crippen LogP contribution in [-0.2, 0) is 16.0 Å². The minimum atomic E-state index is -4.66. The lowest BCUT2D eigenvalue weighted by Crippen LogP contribution is -2.07. The van der Waals surface area contributed by atoms with Crippen molar-refractivity contribution in [2.45, 2.75) is 11.1 Å². The van der Waals surface area contributed by atoms with Crippen molar-refractivity contribution < 1.29 is 26.0 Å². The summed E-state index contributed by atoms with van der Waals surface area (Å²) >= 11 is 6.08. The molecule has 0 saturated heterocycles. The summed E-state index contributed by atoms with van der Waals surface area (Å²) in [6.45, 7) is 0. The maximum atomic E-state index is 13.4. The fraction of sp³-hybridized carbons (Fsp3) is 0.0952. The van der Waals surface area contributed by atoms with Crippen molar-refractivity contribution >= 4 is 21.4 Å². The van der Waals surface area contributed by atoms with E-state index in [9.17, 15) is 21.6 Å². The van der Waals surface area contributed by atoms with Gasteiger partial charge in [0.1, 0.15) is 5.76 Å². The molecule has 0 aliphatic carbocycles. The van der Waals surface area contributed by atoms with Crippen LogP contribution < -0.4 is 0 Å². The molecular formula is C21H14ClF3N2O3S. The smallest absolute Gasteiger partial charge is 0.435 e. The van der Waals surface area contributed by atoms with Gasteiger partial charge in [0.05, 0.1) is 27.6 Å². The van der Waals surface area contributed by atoms with Crippen LogP contribution in [0.2, 0.25) is 5.02 Å². The first-order valence-corrected chi connectivity index (χ1v) is 11.1. The number of rotatable bonds is 4. The zero-order valence-corrected chi connectivity index (χ0v) is 17.5. The summed E-state index contributed by atoms with van der Waals surface area (Å²) in [6.07, 6.45) is -2.14. The quantitative estimate of drug-likeness (QED) is 0.377. The number of alkyl halides is 3. The van der Waals surface area contributed by atoms with Gasteiger partial charge in [-0.15, -0.1) is 0 Å². The van der Waals surface area contributed by atoms with E-state index in [-0.39, 0.29) is 21.3 Å². The highest BCUT2D eigenvalue weighted by atomic mass is 35.5. The van der Waals surface area contributed by atoms with Crippen LogP contribution in [-0.4, -0.2) is 24.5 Å². The molecule has 4 rings (SSSR count). The van der Waals surface area contributed by atoms with Crippen molar-refractivity contribution in [3.8, 4) is 28.3 Å². The highest BCUT2D eigenvalue weighted by Crippen LogP contribution is 2.35. The third-order valence-corrected chi connectivity index (χ3v) is 6.13. The first-order chi connectivity index (χ1) is 14.5. The van der Waals surface area contributed by atoms with Crippen molar-refractivity contribution in [2.24, 2.45) is 0 Å². The van der Waals surface area contributed by atoms with Gasteiger partial charge >= 0.3 is 6.18 Å². The van der Waals surface area contributed by atoms with Crippen molar-refractivity contribution in [3.63, 3.8) is 0 Å². The molecule has 160 valence electrons. The minimum absolute atomic E-state index is 0.108. The molecule has 0 atom stereocenters. The maximum absolute atomic E-state index is 13.4. The average molecular weight is 467 g/mol. The van der Waals surface area contributed by atoms with E-state index >= 15 is 0 Å². The molecule has 31 heavy (non-hydrogen) atoms. The topological polar surface area (TPSA) is 65.1 Å². The second kappa shape index (κ2) is 7.58. The van der Waals surface area contributed by atoms with Crippen LogP contribution in [0.25, 0.3) is 28.3 Å². The molecule has 2 aromatic carbocycles. The van der Waals surface area contributed by atoms with E-state index < -0.39 is 21.7 Å². The molecule has 0 radical (unpaired) electrons. The molecule has 0 saturated carbocycles. The first kappa shape index (κ1) is 21.2. The highest BCUT2D eigenvalue weighted by molar-refractivity contribution is 7.90. The van der Waals surface area contributed by atoms with Crippen LogP contribution in [0.1, 0.15) is 5.69 Å². The van der Waals surface area contributed by atoms with Crippen LogP contribution in [0.3, 0.4) is 0 Å². The maximum Gasteiger partial charge on any atom is 0.435 e. The van der Waals surface area contributed by atoms with E-state index in [0.29, 0.717) is 11.3 Å². The zero-order chi connectivity index (χ0) is 22.4. The number of hydrogen-bond acceptors (Lipinski definition) is 4. The van der Waals surface area contributed by atoms with Crippen molar-refractivity contribution in [2.75, 3.05) is 6.26 Å². The third kappa shape index (κ3) is 4.24. The Morgan fingerprint density at radius 1 is 1.00 bits per heavy atom. The lowest BCUT2D eigenvalue weighted by molar-refractivity contribution is -0.141. The Labute approximate surface area is 180 Å². The Hall–Kier alpha value is -3.04. The van der Waals surface area contributed by atoms with Crippen LogP contribution in [0, 0.1) is 0 Å². The van der Waals surface area contributed by atoms with Crippen molar-refractivity contribution in [1.29, 1.82) is 0 Å². The lowest BCUT2D eigenvalue weighted by Gasteiger charge is -2.10. The van der Waals surface area contributed by atoms with Crippen LogP contribution >= 0.6 is 11.6 Å². The Balaban J connectivity index is 1.84. The molecule has 0 fully saturated rings. The first-order valence-electron chi connectivity index (χ1n) is 8.85. The van der Waals surface area contributed by atoms with Crippen LogP contribution in [0.15, 0.2) is 76.2 Å². The Morgan fingerprint density at radius 2 is 1.68 bits per heavy atom. The molecule has 0 spiro atoms. The van der Waals surface area contributed by atoms with E-state index in [1.807, 2.05) is 0 Å². The summed E-state index contributed by atoms with van der Waals surface area (Å²) < 4.78 is 70.1. The number of sulfone groups is 1. The van der Waals surface area contributed by atoms with Gasteiger partial charge in [0, 0.05) is 17.4 Å². The fourth-order valence-corrected chi connectivity index (χ4v) is 4.42. The van der Waals surface area contributed by atoms with Crippen LogP contribution in [0.5, 0.6) is 0 Å². The number of aromatic nitrogens is 2. The van der Waals surface area contributed by atoms with Gasteiger partial charge in [-0.25, -0.2) is 13.1 Å². The predicted molar refractivity (Wildman–Crippen MR) is 110 cm³/mol. The summed E-state index contributed by atoms with van der Waals surface area (Å²) in [7, 11) is -3.59. The Kier molecular flexibility index (Phi) is 5.18. The summed E-state index contributed by atoms with van der Waals surface area (Å²) in [5, 5.41) is 3.59. The second-order valence-electron chi connectivity index (χ2n) is 6.77. The van der Waals surface area contributed by atoms with Gasteiger partial charge < -0.3 is 4.42 Å². The number of benzene rings is 2. The Morgan fingerprint density at radius 3 is 2.23 bits per heavy atom. The summed E-state index contributed by atoms with van der Waals surface area (Å²) in [5.41, 5.74) is 0.512. The largest absolute Gasteiger partial charge is 0.464 e. The van der Waals surface area contributed by atoms with E-state index in [1.54, 1.807) is 36.4 Å². The van der Waals surface area contributed by atoms with Crippen molar-refractivity contribution in [3.05, 3.63) is 77.6 Å². The lowest BCUT2D eigenvalue weighted by atomic mass is 10.1. The molecule has 0 aliphatic heterocycles. The van der Waals surface area contributed by atoms with Crippen molar-refractivity contribution in [1.82, 2.24) is 9.78 Å². The molecule has 2 heterocycles. The van der Waals surface area contributed by atoms with E-state index in [2.05, 4.69) is 5.10 Å². The monoisotopic (exact) mass is 466 g/mol. The molecule has 0 bridgehead atoms. The number of nitrogens with zero attached hydrogens (tertiary/aromatic N) is 2. The van der Waals surface area contributed by atoms with Gasteiger partial charge in [-0.3, -0.25) is 0 Å². The fourth-order valence-electron chi connectivity index (χ4n) is 3.09. The van der Waals surface area contributed by atoms with Gasteiger partial charge in [-0.2, -0.15) is 18.3 Å². The minimum Gasteiger partial charge on any atom is -0.464 e. The molecule has 0 aliphatic rings. The summed E-state index contributed by atoms with van der Waals surface area (Å²) in [4.78, 5) is -0.120. The zero-order valence-electron chi connectivity index (χ0n) is 15.9. The molecular weight excluding hydrogens is 453 g/mol. The van der Waals surface area contributed by atoms with E-state index in [1.165, 1.54) is 24.5 Å². The highest BCUT2D eigenvalue weighted by Gasteiger charge is 2.35. The van der Waals surface area contributed by atoms with Crippen LogP contribution in [0.4, 0.5) is 13.2 Å². The number of halogens is 4. The molecule has 0 unspecified atom stereocenters. The summed E-state index contributed by atoms with van der Waals surface area (Å²) in [6, 6.07) is 15.0. The van der Waals surface area contributed by atoms with E-state index in [0.717, 1.165) is 22.6 Å². The second-order valence-corrected chi connectivity index (χ2v) is 9.16. The van der Waals surface area contributed by atoms with Gasteiger partial charge in [0.2, 0.25) is 0 Å². The SMILES string of the molecule is CS(=O)(=O)c1ccc(-n2nc(C(F)(F)F)cc2-c2ccc(-c3ccco3)cc2)cc1Cl. The summed E-state index contributed by atoms with van der Waals surface area (Å²) in [5.74, 6) is 0.624. The molecule has 5 nitrogen and oxygen atoms in total. The normalized spacial score (nSPS) is 12.3. The number of furan rings is 1. The number of hydrogen-bond donors (Lipinski definition) is 0. The van der Waals surface area contributed by atoms with Gasteiger partial charge in [-0.05, 0) is 36.4 Å². The Bertz CT molecular complexity index is 1340. The molecule has 2 aromatic heterocycles. The van der Waals surface area contributed by atoms with Gasteiger partial charge in [-0.1, -0.05) is 35.9 Å². The standard InChI is InChI=1S/C21H14ClF3N2O3S/c1-31(28,29)19-9-8-15(11-16(19)22)27-17(12-20(26-27)21(23,24)25)13-4-6-14(7-5-13)18-3-2-10-30-18/h2-12H,1H3. The molecule has 0 N–H and O–H groups in total.